The van der Waals surface area contributed by atoms with Crippen molar-refractivity contribution in [3.05, 3.63) is 34.0 Å². The number of fused-ring (bicyclic) bond motifs is 1. The van der Waals surface area contributed by atoms with Gasteiger partial charge in [-0.2, -0.15) is 5.10 Å². The minimum absolute atomic E-state index is 0.124. The molecule has 0 radical (unpaired) electrons. The number of ether oxygens (including phenoxy) is 2. The minimum atomic E-state index is -0.635. The third-order valence-corrected chi connectivity index (χ3v) is 5.30. The van der Waals surface area contributed by atoms with E-state index in [1.807, 2.05) is 6.26 Å². The number of aromatic nitrogens is 4. The van der Waals surface area contributed by atoms with Gasteiger partial charge in [0, 0.05) is 19.2 Å². The van der Waals surface area contributed by atoms with Crippen LogP contribution in [0.2, 0.25) is 0 Å². The summed E-state index contributed by atoms with van der Waals surface area (Å²) in [5.41, 5.74) is 0.138. The first-order valence-electron chi connectivity index (χ1n) is 10.1. The maximum atomic E-state index is 12.7. The number of thioether (sulfide) groups is 1. The molecule has 1 aromatic carbocycles. The van der Waals surface area contributed by atoms with Gasteiger partial charge in [-0.1, -0.05) is 18.7 Å². The summed E-state index contributed by atoms with van der Waals surface area (Å²) >= 11 is 1.42. The van der Waals surface area contributed by atoms with Crippen LogP contribution in [0.1, 0.15) is 23.7 Å². The predicted molar refractivity (Wildman–Crippen MR) is 124 cm³/mol. The second-order valence-corrected chi connectivity index (χ2v) is 7.60. The number of anilines is 1. The molecular weight excluding hydrogens is 450 g/mol. The smallest absolute Gasteiger partial charge is 0.286 e. The van der Waals surface area contributed by atoms with Crippen molar-refractivity contribution >= 4 is 40.2 Å². The van der Waals surface area contributed by atoms with Crippen LogP contribution >= 0.6 is 11.8 Å². The van der Waals surface area contributed by atoms with Crippen LogP contribution in [0.25, 0.3) is 11.0 Å². The van der Waals surface area contributed by atoms with Gasteiger partial charge in [0.1, 0.15) is 11.4 Å². The highest BCUT2D eigenvalue weighted by molar-refractivity contribution is 7.98. The van der Waals surface area contributed by atoms with E-state index < -0.39 is 10.8 Å². The van der Waals surface area contributed by atoms with E-state index in [0.29, 0.717) is 23.2 Å². The second-order valence-electron chi connectivity index (χ2n) is 6.83. The van der Waals surface area contributed by atoms with Crippen molar-refractivity contribution in [2.75, 3.05) is 38.9 Å². The lowest BCUT2D eigenvalue weighted by atomic mass is 10.1. The Kier molecular flexibility index (Phi) is 7.87. The van der Waals surface area contributed by atoms with Gasteiger partial charge in [0.2, 0.25) is 0 Å². The van der Waals surface area contributed by atoms with E-state index in [1.165, 1.54) is 38.1 Å². The van der Waals surface area contributed by atoms with Gasteiger partial charge in [-0.15, -0.1) is 0 Å². The van der Waals surface area contributed by atoms with Crippen LogP contribution in [0.15, 0.2) is 23.5 Å². The number of nitro groups is 1. The molecule has 0 fully saturated rings. The highest BCUT2D eigenvalue weighted by Crippen LogP contribution is 2.34. The van der Waals surface area contributed by atoms with Crippen LogP contribution in [0.4, 0.5) is 11.5 Å². The highest BCUT2D eigenvalue weighted by atomic mass is 32.2. The van der Waals surface area contributed by atoms with E-state index in [-0.39, 0.29) is 29.3 Å². The first-order valence-corrected chi connectivity index (χ1v) is 11.4. The van der Waals surface area contributed by atoms with Crippen molar-refractivity contribution < 1.29 is 19.2 Å². The van der Waals surface area contributed by atoms with Crippen molar-refractivity contribution in [3.8, 4) is 11.5 Å². The number of hydrogen-bond donors (Lipinski definition) is 2. The van der Waals surface area contributed by atoms with E-state index in [2.05, 4.69) is 32.6 Å². The molecule has 0 saturated carbocycles. The molecule has 0 bridgehead atoms. The van der Waals surface area contributed by atoms with Crippen molar-refractivity contribution in [3.63, 3.8) is 0 Å². The van der Waals surface area contributed by atoms with Gasteiger partial charge >= 0.3 is 0 Å². The molecule has 3 aromatic rings. The second kappa shape index (κ2) is 10.8. The number of benzene rings is 1. The van der Waals surface area contributed by atoms with Gasteiger partial charge in [0.15, 0.2) is 22.3 Å². The zero-order valence-electron chi connectivity index (χ0n) is 18.7. The van der Waals surface area contributed by atoms with Crippen LogP contribution < -0.4 is 20.1 Å². The van der Waals surface area contributed by atoms with E-state index in [4.69, 9.17) is 9.47 Å². The molecule has 0 saturated heterocycles. The van der Waals surface area contributed by atoms with E-state index in [0.717, 1.165) is 18.4 Å². The number of carbonyl (C=O) groups is 1. The van der Waals surface area contributed by atoms with Gasteiger partial charge in [-0.25, -0.2) is 14.6 Å². The number of nitrogens with zero attached hydrogens (tertiary/aromatic N) is 5. The first-order chi connectivity index (χ1) is 15.9. The van der Waals surface area contributed by atoms with Gasteiger partial charge in [-0.05, 0) is 12.7 Å². The van der Waals surface area contributed by atoms with E-state index in [9.17, 15) is 14.9 Å². The summed E-state index contributed by atoms with van der Waals surface area (Å²) in [4.78, 5) is 32.6. The summed E-state index contributed by atoms with van der Waals surface area (Å²) in [5.74, 6) is 0.492. The Morgan fingerprint density at radius 3 is 2.58 bits per heavy atom. The normalized spacial score (nSPS) is 10.8. The fourth-order valence-corrected chi connectivity index (χ4v) is 3.50. The molecule has 33 heavy (non-hydrogen) atoms. The van der Waals surface area contributed by atoms with Crippen molar-refractivity contribution in [2.24, 2.45) is 0 Å². The number of hydrogen-bond acceptors (Lipinski definition) is 10. The maximum Gasteiger partial charge on any atom is 0.286 e. The molecule has 2 heterocycles. The fourth-order valence-electron chi connectivity index (χ4n) is 3.14. The molecule has 0 atom stereocenters. The summed E-state index contributed by atoms with van der Waals surface area (Å²) in [6, 6.07) is 2.46. The fraction of sp³-hybridized carbons (Fsp3) is 0.400. The van der Waals surface area contributed by atoms with Crippen molar-refractivity contribution in [1.29, 1.82) is 0 Å². The van der Waals surface area contributed by atoms with Gasteiger partial charge in [0.05, 0.1) is 43.3 Å². The zero-order valence-corrected chi connectivity index (χ0v) is 19.6. The van der Waals surface area contributed by atoms with Crippen LogP contribution in [-0.4, -0.2) is 64.1 Å². The Labute approximate surface area is 194 Å². The van der Waals surface area contributed by atoms with Gasteiger partial charge in [-0.3, -0.25) is 14.9 Å². The summed E-state index contributed by atoms with van der Waals surface area (Å²) in [5, 5.41) is 23.2. The average molecular weight is 476 g/mol. The molecule has 0 aliphatic heterocycles. The molecule has 1 amide bonds. The zero-order chi connectivity index (χ0) is 24.0. The number of methoxy groups -OCH3 is 2. The summed E-state index contributed by atoms with van der Waals surface area (Å²) in [7, 11) is 2.76. The molecule has 3 rings (SSSR count). The molecule has 0 unspecified atom stereocenters. The Morgan fingerprint density at radius 2 is 1.94 bits per heavy atom. The Bertz CT molecular complexity index is 1170. The minimum Gasteiger partial charge on any atom is -0.493 e. The van der Waals surface area contributed by atoms with E-state index >= 15 is 0 Å². The summed E-state index contributed by atoms with van der Waals surface area (Å²) < 4.78 is 11.9. The summed E-state index contributed by atoms with van der Waals surface area (Å²) in [6.07, 6.45) is 4.52. The first kappa shape index (κ1) is 24.0. The van der Waals surface area contributed by atoms with Crippen LogP contribution in [0.3, 0.4) is 0 Å². The summed E-state index contributed by atoms with van der Waals surface area (Å²) in [6.45, 7) is 3.33. The quantitative estimate of drug-likeness (QED) is 0.184. The molecule has 12 nitrogen and oxygen atoms in total. The molecule has 0 aliphatic rings. The third-order valence-electron chi connectivity index (χ3n) is 4.75. The van der Waals surface area contributed by atoms with Crippen LogP contribution in [-0.2, 0) is 6.54 Å². The molecule has 2 aromatic heterocycles. The number of rotatable bonds is 11. The Morgan fingerprint density at radius 1 is 1.21 bits per heavy atom. The topological polar surface area (TPSA) is 146 Å². The largest absolute Gasteiger partial charge is 0.493 e. The number of amides is 1. The van der Waals surface area contributed by atoms with Gasteiger partial charge < -0.3 is 20.1 Å². The molecular formula is C20H25N7O5S. The van der Waals surface area contributed by atoms with Crippen LogP contribution in [0, 0.1) is 10.1 Å². The van der Waals surface area contributed by atoms with Crippen LogP contribution in [0.5, 0.6) is 11.5 Å². The molecule has 176 valence electrons. The average Bonchev–Trinajstić information content (AvgIpc) is 3.24. The van der Waals surface area contributed by atoms with Crippen molar-refractivity contribution in [2.45, 2.75) is 25.0 Å². The SMILES string of the molecule is CCCNc1nc(SC)nc2c1cnn2CCNC(=O)c1cc(OC)c(OC)cc1[N+](=O)[O-]. The van der Waals surface area contributed by atoms with Crippen molar-refractivity contribution in [1.82, 2.24) is 25.1 Å². The number of nitrogens with one attached hydrogen (secondary N) is 2. The predicted octanol–water partition coefficient (Wildman–Crippen LogP) is 2.73. The Hall–Kier alpha value is -3.61. The lowest BCUT2D eigenvalue weighted by molar-refractivity contribution is -0.385. The highest BCUT2D eigenvalue weighted by Gasteiger charge is 2.24. The maximum absolute atomic E-state index is 12.7. The molecule has 2 N–H and O–H groups in total. The molecule has 0 spiro atoms. The van der Waals surface area contributed by atoms with E-state index in [1.54, 1.807) is 10.9 Å². The lowest BCUT2D eigenvalue weighted by Crippen LogP contribution is -2.28. The van der Waals surface area contributed by atoms with Gasteiger partial charge in [0.25, 0.3) is 11.6 Å². The Balaban J connectivity index is 1.79. The third kappa shape index (κ3) is 5.25. The molecule has 13 heteroatoms. The molecule has 0 aliphatic carbocycles. The lowest BCUT2D eigenvalue weighted by Gasteiger charge is -2.11. The standard InChI is InChI=1S/C20H25N7O5S/c1-5-6-21-17-13-11-23-26(18(13)25-20(24-17)33-4)8-7-22-19(28)12-9-15(31-2)16(32-3)10-14(12)27(29)30/h9-11H,5-8H2,1-4H3,(H,22,28)(H,21,24,25). The monoisotopic (exact) mass is 475 g/mol. The number of carbonyl (C=O) groups excluding carboxylic acids is 1. The number of nitro benzene ring substituents is 1.